The third kappa shape index (κ3) is 4.58. The number of carbonyl (C=O) groups excluding carboxylic acids is 1. The Morgan fingerprint density at radius 3 is 2.21 bits per heavy atom. The summed E-state index contributed by atoms with van der Waals surface area (Å²) >= 11 is 0. The molecule has 14 heavy (non-hydrogen) atoms. The van der Waals surface area contributed by atoms with Crippen LogP contribution in [0, 0.1) is 5.92 Å². The van der Waals surface area contributed by atoms with Crippen molar-refractivity contribution in [3.8, 4) is 0 Å². The molecule has 0 aliphatic heterocycles. The lowest BCUT2D eigenvalue weighted by Crippen LogP contribution is -2.49. The monoisotopic (exact) mass is 202 g/mol. The molecular formula is C10H22N2O2. The van der Waals surface area contributed by atoms with Crippen LogP contribution >= 0.6 is 0 Å². The van der Waals surface area contributed by atoms with Gasteiger partial charge in [-0.15, -0.1) is 0 Å². The molecule has 0 aliphatic carbocycles. The number of rotatable bonds is 4. The predicted molar refractivity (Wildman–Crippen MR) is 56.7 cm³/mol. The van der Waals surface area contributed by atoms with E-state index in [-0.39, 0.29) is 11.8 Å². The fourth-order valence-corrected chi connectivity index (χ4v) is 1.20. The second-order valence-corrected chi connectivity index (χ2v) is 4.78. The van der Waals surface area contributed by atoms with Gasteiger partial charge in [0.25, 0.3) is 0 Å². The van der Waals surface area contributed by atoms with E-state index >= 15 is 0 Å². The number of likely N-dealkylation sites (N-methyl/N-ethyl adjacent to an activating group) is 1. The van der Waals surface area contributed by atoms with Crippen LogP contribution in [0.1, 0.15) is 27.7 Å². The Morgan fingerprint density at radius 2 is 1.93 bits per heavy atom. The lowest BCUT2D eigenvalue weighted by atomic mass is 10.0. The van der Waals surface area contributed by atoms with Crippen molar-refractivity contribution in [3.05, 3.63) is 0 Å². The molecule has 0 rings (SSSR count). The maximum atomic E-state index is 11.7. The zero-order valence-corrected chi connectivity index (χ0v) is 9.74. The smallest absolute Gasteiger partial charge is 0.239 e. The zero-order valence-electron chi connectivity index (χ0n) is 9.74. The molecule has 0 heterocycles. The zero-order chi connectivity index (χ0) is 11.5. The average molecular weight is 202 g/mol. The van der Waals surface area contributed by atoms with Crippen molar-refractivity contribution in [2.45, 2.75) is 39.3 Å². The summed E-state index contributed by atoms with van der Waals surface area (Å²) in [6.45, 7) is 7.43. The molecule has 4 nitrogen and oxygen atoms in total. The van der Waals surface area contributed by atoms with Gasteiger partial charge in [0.15, 0.2) is 0 Å². The van der Waals surface area contributed by atoms with Crippen molar-refractivity contribution in [3.63, 3.8) is 0 Å². The number of hydrogen-bond donors (Lipinski definition) is 2. The van der Waals surface area contributed by atoms with Gasteiger partial charge in [0.05, 0.1) is 11.6 Å². The summed E-state index contributed by atoms with van der Waals surface area (Å²) in [4.78, 5) is 13.1. The van der Waals surface area contributed by atoms with E-state index in [9.17, 15) is 9.90 Å². The van der Waals surface area contributed by atoms with Crippen molar-refractivity contribution in [2.75, 3.05) is 13.6 Å². The largest absolute Gasteiger partial charge is 0.389 e. The van der Waals surface area contributed by atoms with Crippen LogP contribution in [0.5, 0.6) is 0 Å². The lowest BCUT2D eigenvalue weighted by molar-refractivity contribution is -0.134. The normalized spacial score (nSPS) is 14.3. The van der Waals surface area contributed by atoms with Crippen molar-refractivity contribution >= 4 is 5.91 Å². The van der Waals surface area contributed by atoms with Gasteiger partial charge in [0.2, 0.25) is 5.91 Å². The Morgan fingerprint density at radius 1 is 1.50 bits per heavy atom. The van der Waals surface area contributed by atoms with E-state index in [0.29, 0.717) is 6.54 Å². The van der Waals surface area contributed by atoms with E-state index in [1.54, 1.807) is 20.9 Å². The molecule has 0 saturated heterocycles. The second-order valence-electron chi connectivity index (χ2n) is 4.78. The first-order valence-corrected chi connectivity index (χ1v) is 4.88. The molecule has 4 heteroatoms. The Balaban J connectivity index is 4.26. The molecule has 0 aromatic rings. The topological polar surface area (TPSA) is 66.6 Å². The highest BCUT2D eigenvalue weighted by atomic mass is 16.3. The minimum absolute atomic E-state index is 0.117. The molecule has 0 radical (unpaired) electrons. The van der Waals surface area contributed by atoms with Crippen LogP contribution in [0.4, 0.5) is 0 Å². The standard InChI is InChI=1S/C10H22N2O2/c1-7(2)8(11)9(13)12(5)6-10(3,4)14/h7-8,14H,6,11H2,1-5H3/t8-/m1/s1. The summed E-state index contributed by atoms with van der Waals surface area (Å²) < 4.78 is 0. The molecule has 0 bridgehead atoms. The number of carbonyl (C=O) groups is 1. The molecule has 0 fully saturated rings. The van der Waals surface area contributed by atoms with Gasteiger partial charge in [0.1, 0.15) is 0 Å². The van der Waals surface area contributed by atoms with E-state index in [0.717, 1.165) is 0 Å². The highest BCUT2D eigenvalue weighted by Gasteiger charge is 2.24. The van der Waals surface area contributed by atoms with Gasteiger partial charge in [-0.05, 0) is 19.8 Å². The van der Waals surface area contributed by atoms with Crippen LogP contribution in [0.15, 0.2) is 0 Å². The van der Waals surface area contributed by atoms with Gasteiger partial charge in [-0.25, -0.2) is 0 Å². The molecule has 0 aromatic heterocycles. The van der Waals surface area contributed by atoms with Gasteiger partial charge in [-0.1, -0.05) is 13.8 Å². The quantitative estimate of drug-likeness (QED) is 0.684. The molecule has 0 unspecified atom stereocenters. The Labute approximate surface area is 86.1 Å². The summed E-state index contributed by atoms with van der Waals surface area (Å²) in [5.41, 5.74) is 4.83. The number of aliphatic hydroxyl groups is 1. The van der Waals surface area contributed by atoms with E-state index in [4.69, 9.17) is 5.73 Å². The Kier molecular flexibility index (Phi) is 4.55. The third-order valence-corrected chi connectivity index (χ3v) is 2.00. The van der Waals surface area contributed by atoms with Crippen LogP contribution in [-0.2, 0) is 4.79 Å². The third-order valence-electron chi connectivity index (χ3n) is 2.00. The Bertz CT molecular complexity index is 197. The van der Waals surface area contributed by atoms with Crippen LogP contribution in [-0.4, -0.2) is 41.1 Å². The first-order chi connectivity index (χ1) is 6.15. The number of hydrogen-bond acceptors (Lipinski definition) is 3. The van der Waals surface area contributed by atoms with E-state index < -0.39 is 11.6 Å². The SMILES string of the molecule is CC(C)[C@@H](N)C(=O)N(C)CC(C)(C)O. The number of amides is 1. The average Bonchev–Trinajstić information content (AvgIpc) is 1.98. The van der Waals surface area contributed by atoms with Crippen LogP contribution in [0.3, 0.4) is 0 Å². The molecule has 84 valence electrons. The fraction of sp³-hybridized carbons (Fsp3) is 0.900. The summed E-state index contributed by atoms with van der Waals surface area (Å²) in [6, 6.07) is -0.484. The molecule has 0 aromatic carbocycles. The fourth-order valence-electron chi connectivity index (χ4n) is 1.20. The maximum absolute atomic E-state index is 11.7. The minimum Gasteiger partial charge on any atom is -0.389 e. The first kappa shape index (κ1) is 13.4. The number of nitrogens with zero attached hydrogens (tertiary/aromatic N) is 1. The molecule has 0 saturated carbocycles. The summed E-state index contributed by atoms with van der Waals surface area (Å²) in [7, 11) is 1.66. The lowest BCUT2D eigenvalue weighted by Gasteiger charge is -2.28. The van der Waals surface area contributed by atoms with Gasteiger partial charge in [-0.3, -0.25) is 4.79 Å². The molecule has 0 aliphatic rings. The van der Waals surface area contributed by atoms with Crippen molar-refractivity contribution < 1.29 is 9.90 Å². The minimum atomic E-state index is -0.874. The predicted octanol–water partition coefficient (Wildman–Crippen LogP) is 0.199. The summed E-state index contributed by atoms with van der Waals surface area (Å²) in [6.07, 6.45) is 0. The molecule has 0 spiro atoms. The van der Waals surface area contributed by atoms with Crippen LogP contribution < -0.4 is 5.73 Å². The highest BCUT2D eigenvalue weighted by Crippen LogP contribution is 2.07. The van der Waals surface area contributed by atoms with Crippen molar-refractivity contribution in [2.24, 2.45) is 11.7 Å². The summed E-state index contributed by atoms with van der Waals surface area (Å²) in [5.74, 6) is -0.00567. The first-order valence-electron chi connectivity index (χ1n) is 4.88. The van der Waals surface area contributed by atoms with Crippen LogP contribution in [0.25, 0.3) is 0 Å². The van der Waals surface area contributed by atoms with Crippen molar-refractivity contribution in [1.82, 2.24) is 4.90 Å². The van der Waals surface area contributed by atoms with E-state index in [1.807, 2.05) is 13.8 Å². The molecule has 1 amide bonds. The van der Waals surface area contributed by atoms with E-state index in [1.165, 1.54) is 4.90 Å². The van der Waals surface area contributed by atoms with Gasteiger partial charge in [0, 0.05) is 13.6 Å². The van der Waals surface area contributed by atoms with Crippen LogP contribution in [0.2, 0.25) is 0 Å². The number of nitrogens with two attached hydrogens (primary N) is 1. The van der Waals surface area contributed by atoms with Gasteiger partial charge < -0.3 is 15.7 Å². The molecule has 3 N–H and O–H groups in total. The highest BCUT2D eigenvalue weighted by molar-refractivity contribution is 5.81. The maximum Gasteiger partial charge on any atom is 0.239 e. The molecular weight excluding hydrogens is 180 g/mol. The molecule has 1 atom stereocenters. The van der Waals surface area contributed by atoms with Gasteiger partial charge >= 0.3 is 0 Å². The van der Waals surface area contributed by atoms with Crippen molar-refractivity contribution in [1.29, 1.82) is 0 Å². The Hall–Kier alpha value is -0.610. The van der Waals surface area contributed by atoms with Gasteiger partial charge in [-0.2, -0.15) is 0 Å². The summed E-state index contributed by atoms with van der Waals surface area (Å²) in [5, 5.41) is 9.52. The van der Waals surface area contributed by atoms with E-state index in [2.05, 4.69) is 0 Å². The second kappa shape index (κ2) is 4.75.